The predicted octanol–water partition coefficient (Wildman–Crippen LogP) is 1.58. The van der Waals surface area contributed by atoms with Gasteiger partial charge in [0, 0.05) is 12.8 Å². The Morgan fingerprint density at radius 3 is 2.76 bits per heavy atom. The minimum absolute atomic E-state index is 0.284. The van der Waals surface area contributed by atoms with E-state index in [1.165, 1.54) is 7.11 Å². The second-order valence-electron chi connectivity index (χ2n) is 4.22. The molecule has 0 spiro atoms. The van der Waals surface area contributed by atoms with E-state index in [1.807, 2.05) is 0 Å². The molecule has 0 saturated carbocycles. The first kappa shape index (κ1) is 19.0. The summed E-state index contributed by atoms with van der Waals surface area (Å²) in [6.45, 7) is 1.72. The zero-order valence-electron chi connectivity index (χ0n) is 12.5. The average molecular weight is 290 g/mol. The summed E-state index contributed by atoms with van der Waals surface area (Å²) in [5.74, 6) is 10.5. The molecule has 0 rings (SSSR count). The summed E-state index contributed by atoms with van der Waals surface area (Å²) >= 11 is 0. The Morgan fingerprint density at radius 1 is 1.33 bits per heavy atom. The van der Waals surface area contributed by atoms with Crippen molar-refractivity contribution in [1.82, 2.24) is 0 Å². The van der Waals surface area contributed by atoms with E-state index in [2.05, 4.69) is 28.4 Å². The van der Waals surface area contributed by atoms with Gasteiger partial charge in [0.2, 0.25) is 0 Å². The lowest BCUT2D eigenvalue weighted by atomic mass is 10.1. The molecule has 4 nitrogen and oxygen atoms in total. The van der Waals surface area contributed by atoms with Gasteiger partial charge in [0.1, 0.15) is 6.10 Å². The monoisotopic (exact) mass is 290 g/mol. The summed E-state index contributed by atoms with van der Waals surface area (Å²) in [6, 6.07) is 0. The van der Waals surface area contributed by atoms with Crippen molar-refractivity contribution >= 4 is 5.97 Å². The smallest absolute Gasteiger partial charge is 0.305 e. The summed E-state index contributed by atoms with van der Waals surface area (Å²) in [7, 11) is 1.34. The maximum absolute atomic E-state index is 10.9. The SMILES string of the molecule is CC#CC[C@@H](O)/C=C/C=C/C#C[C@@H](O)CCCC(=O)OC. The summed E-state index contributed by atoms with van der Waals surface area (Å²) in [6.07, 6.45) is 6.88. The lowest BCUT2D eigenvalue weighted by Crippen LogP contribution is -2.05. The highest BCUT2D eigenvalue weighted by Crippen LogP contribution is 2.01. The van der Waals surface area contributed by atoms with Gasteiger partial charge in [-0.1, -0.05) is 30.1 Å². The van der Waals surface area contributed by atoms with E-state index in [4.69, 9.17) is 0 Å². The highest BCUT2D eigenvalue weighted by molar-refractivity contribution is 5.68. The van der Waals surface area contributed by atoms with E-state index in [-0.39, 0.29) is 12.4 Å². The number of aliphatic hydroxyl groups is 2. The zero-order chi connectivity index (χ0) is 15.9. The van der Waals surface area contributed by atoms with Crippen LogP contribution in [0.4, 0.5) is 0 Å². The third-order valence-corrected chi connectivity index (χ3v) is 2.45. The number of rotatable bonds is 7. The average Bonchev–Trinajstić information content (AvgIpc) is 2.48. The summed E-state index contributed by atoms with van der Waals surface area (Å²) < 4.78 is 4.50. The Labute approximate surface area is 126 Å². The second-order valence-corrected chi connectivity index (χ2v) is 4.22. The standard InChI is InChI=1S/C17H22O4/c1-3-4-10-15(18)11-7-5-6-8-12-16(19)13-9-14-17(20)21-2/h5-7,11,15-16,18-19H,9-10,13-14H2,1-2H3/b6-5+,11-7+/t15-,16-/m1/s1. The molecular formula is C17H22O4. The van der Waals surface area contributed by atoms with Gasteiger partial charge in [-0.15, -0.1) is 11.8 Å². The fourth-order valence-corrected chi connectivity index (χ4v) is 1.33. The molecule has 0 fully saturated rings. The molecule has 0 unspecified atom stereocenters. The van der Waals surface area contributed by atoms with Crippen LogP contribution in [0.1, 0.15) is 32.6 Å². The zero-order valence-corrected chi connectivity index (χ0v) is 12.5. The number of esters is 1. The van der Waals surface area contributed by atoms with Gasteiger partial charge in [-0.3, -0.25) is 4.79 Å². The van der Waals surface area contributed by atoms with Crippen molar-refractivity contribution in [1.29, 1.82) is 0 Å². The first-order valence-corrected chi connectivity index (χ1v) is 6.77. The lowest BCUT2D eigenvalue weighted by Gasteiger charge is -2.01. The topological polar surface area (TPSA) is 66.8 Å². The molecule has 4 heteroatoms. The van der Waals surface area contributed by atoms with Crippen LogP contribution in [0, 0.1) is 23.7 Å². The van der Waals surface area contributed by atoms with Gasteiger partial charge in [0.25, 0.3) is 0 Å². The molecule has 0 bridgehead atoms. The number of methoxy groups -OCH3 is 1. The second kappa shape index (κ2) is 13.0. The van der Waals surface area contributed by atoms with Crippen LogP contribution in [0.2, 0.25) is 0 Å². The fraction of sp³-hybridized carbons (Fsp3) is 0.471. The molecule has 0 amide bonds. The van der Waals surface area contributed by atoms with Crippen molar-refractivity contribution < 1.29 is 19.7 Å². The molecule has 0 aliphatic heterocycles. The molecule has 0 aliphatic carbocycles. The Morgan fingerprint density at radius 2 is 2.10 bits per heavy atom. The van der Waals surface area contributed by atoms with Gasteiger partial charge in [-0.2, -0.15) is 0 Å². The Bertz CT molecular complexity index is 468. The molecule has 21 heavy (non-hydrogen) atoms. The van der Waals surface area contributed by atoms with Crippen LogP contribution in [0.15, 0.2) is 24.3 Å². The van der Waals surface area contributed by atoms with E-state index < -0.39 is 12.2 Å². The highest BCUT2D eigenvalue weighted by Gasteiger charge is 2.03. The third kappa shape index (κ3) is 12.8. The van der Waals surface area contributed by atoms with Gasteiger partial charge in [-0.05, 0) is 25.8 Å². The van der Waals surface area contributed by atoms with Crippen LogP contribution < -0.4 is 0 Å². The molecule has 0 saturated heterocycles. The first-order chi connectivity index (χ1) is 10.1. The molecule has 0 radical (unpaired) electrons. The predicted molar refractivity (Wildman–Crippen MR) is 82.0 cm³/mol. The molecule has 2 N–H and O–H groups in total. The van der Waals surface area contributed by atoms with Gasteiger partial charge >= 0.3 is 5.97 Å². The number of allylic oxidation sites excluding steroid dienone is 3. The minimum atomic E-state index is -0.756. The van der Waals surface area contributed by atoms with Crippen molar-refractivity contribution in [3.63, 3.8) is 0 Å². The number of carbonyl (C=O) groups is 1. The van der Waals surface area contributed by atoms with E-state index in [0.29, 0.717) is 19.3 Å². The van der Waals surface area contributed by atoms with Crippen LogP contribution in [-0.4, -0.2) is 35.5 Å². The van der Waals surface area contributed by atoms with E-state index >= 15 is 0 Å². The lowest BCUT2D eigenvalue weighted by molar-refractivity contribution is -0.140. The summed E-state index contributed by atoms with van der Waals surface area (Å²) in [4.78, 5) is 10.9. The Balaban J connectivity index is 3.93. The van der Waals surface area contributed by atoms with E-state index in [0.717, 1.165) is 0 Å². The van der Waals surface area contributed by atoms with Crippen LogP contribution >= 0.6 is 0 Å². The van der Waals surface area contributed by atoms with Crippen LogP contribution in [0.5, 0.6) is 0 Å². The van der Waals surface area contributed by atoms with Crippen LogP contribution in [0.25, 0.3) is 0 Å². The van der Waals surface area contributed by atoms with Crippen LogP contribution in [0.3, 0.4) is 0 Å². The normalized spacial score (nSPS) is 13.1. The van der Waals surface area contributed by atoms with Gasteiger partial charge in [0.15, 0.2) is 0 Å². The number of hydrogen-bond acceptors (Lipinski definition) is 4. The first-order valence-electron chi connectivity index (χ1n) is 6.77. The quantitative estimate of drug-likeness (QED) is 0.424. The Kier molecular flexibility index (Phi) is 11.8. The number of carbonyl (C=O) groups excluding carboxylic acids is 1. The third-order valence-electron chi connectivity index (χ3n) is 2.45. The van der Waals surface area contributed by atoms with Crippen molar-refractivity contribution in [3.8, 4) is 23.7 Å². The fourth-order valence-electron chi connectivity index (χ4n) is 1.33. The molecular weight excluding hydrogens is 268 g/mol. The van der Waals surface area contributed by atoms with Gasteiger partial charge in [-0.25, -0.2) is 0 Å². The number of aliphatic hydroxyl groups excluding tert-OH is 2. The molecule has 0 aromatic rings. The van der Waals surface area contributed by atoms with Gasteiger partial charge < -0.3 is 14.9 Å². The summed E-state index contributed by atoms with van der Waals surface area (Å²) in [5, 5.41) is 19.0. The van der Waals surface area contributed by atoms with Crippen molar-refractivity contribution in [2.45, 2.75) is 44.8 Å². The largest absolute Gasteiger partial charge is 0.469 e. The van der Waals surface area contributed by atoms with E-state index in [1.54, 1.807) is 31.2 Å². The number of ether oxygens (including phenoxy) is 1. The molecule has 2 atom stereocenters. The molecule has 114 valence electrons. The summed E-state index contributed by atoms with van der Waals surface area (Å²) in [5.41, 5.74) is 0. The number of hydrogen-bond donors (Lipinski definition) is 2. The van der Waals surface area contributed by atoms with E-state index in [9.17, 15) is 15.0 Å². The highest BCUT2D eigenvalue weighted by atomic mass is 16.5. The van der Waals surface area contributed by atoms with Crippen molar-refractivity contribution in [2.75, 3.05) is 7.11 Å². The Hall–Kier alpha value is -2.01. The van der Waals surface area contributed by atoms with Crippen LogP contribution in [-0.2, 0) is 9.53 Å². The molecule has 0 heterocycles. The maximum atomic E-state index is 10.9. The molecule has 0 aromatic carbocycles. The molecule has 0 aliphatic rings. The maximum Gasteiger partial charge on any atom is 0.305 e. The van der Waals surface area contributed by atoms with Crippen molar-refractivity contribution in [2.24, 2.45) is 0 Å². The van der Waals surface area contributed by atoms with Gasteiger partial charge in [0.05, 0.1) is 13.2 Å². The van der Waals surface area contributed by atoms with Crippen molar-refractivity contribution in [3.05, 3.63) is 24.3 Å². The molecule has 0 aromatic heterocycles. The minimum Gasteiger partial charge on any atom is -0.469 e.